The van der Waals surface area contributed by atoms with Crippen LogP contribution in [0.25, 0.3) is 0 Å². The van der Waals surface area contributed by atoms with E-state index in [-0.39, 0.29) is 0 Å². The highest BCUT2D eigenvalue weighted by molar-refractivity contribution is 5.62. The Hall–Kier alpha value is -3.08. The monoisotopic (exact) mass is 348 g/mol. The Morgan fingerprint density at radius 2 is 1.77 bits per heavy atom. The predicted octanol–water partition coefficient (Wildman–Crippen LogP) is 4.77. The van der Waals surface area contributed by atoms with Crippen LogP contribution in [0, 0.1) is 20.8 Å². The van der Waals surface area contributed by atoms with Gasteiger partial charge in [0.05, 0.1) is 7.11 Å². The van der Waals surface area contributed by atoms with Crippen LogP contribution in [-0.4, -0.2) is 17.1 Å². The first-order valence-electron chi connectivity index (χ1n) is 8.61. The maximum atomic E-state index is 5.39. The van der Waals surface area contributed by atoms with Crippen molar-refractivity contribution in [2.75, 3.05) is 17.7 Å². The van der Waals surface area contributed by atoms with E-state index in [1.54, 1.807) is 7.11 Å². The van der Waals surface area contributed by atoms with E-state index in [2.05, 4.69) is 46.6 Å². The van der Waals surface area contributed by atoms with Gasteiger partial charge in [0.25, 0.3) is 0 Å². The lowest BCUT2D eigenvalue weighted by Crippen LogP contribution is -2.07. The lowest BCUT2D eigenvalue weighted by molar-refractivity contribution is 0.410. The summed E-state index contributed by atoms with van der Waals surface area (Å²) in [6.07, 6.45) is 0. The SMILES string of the molecule is COc1ccccc1CNc1nc(C)cc(Nc2cccc(C)c2C)n1. The summed E-state index contributed by atoms with van der Waals surface area (Å²) >= 11 is 0. The van der Waals surface area contributed by atoms with Crippen LogP contribution in [0.3, 0.4) is 0 Å². The molecule has 0 saturated heterocycles. The quantitative estimate of drug-likeness (QED) is 0.672. The van der Waals surface area contributed by atoms with Gasteiger partial charge in [-0.1, -0.05) is 30.3 Å². The summed E-state index contributed by atoms with van der Waals surface area (Å²) in [7, 11) is 1.67. The van der Waals surface area contributed by atoms with Gasteiger partial charge in [-0.2, -0.15) is 4.98 Å². The molecule has 0 aliphatic carbocycles. The van der Waals surface area contributed by atoms with Crippen molar-refractivity contribution in [2.45, 2.75) is 27.3 Å². The molecule has 0 unspecified atom stereocenters. The first-order valence-corrected chi connectivity index (χ1v) is 8.61. The van der Waals surface area contributed by atoms with E-state index in [1.165, 1.54) is 11.1 Å². The van der Waals surface area contributed by atoms with Crippen LogP contribution in [0.15, 0.2) is 48.5 Å². The van der Waals surface area contributed by atoms with Crippen molar-refractivity contribution < 1.29 is 4.74 Å². The summed E-state index contributed by atoms with van der Waals surface area (Å²) < 4.78 is 5.39. The molecule has 0 atom stereocenters. The average Bonchev–Trinajstić information content (AvgIpc) is 2.63. The number of rotatable bonds is 6. The number of hydrogen-bond acceptors (Lipinski definition) is 5. The minimum atomic E-state index is 0.587. The molecule has 1 heterocycles. The third-order valence-corrected chi connectivity index (χ3v) is 4.35. The van der Waals surface area contributed by atoms with Crippen molar-refractivity contribution in [3.63, 3.8) is 0 Å². The molecule has 134 valence electrons. The zero-order valence-electron chi connectivity index (χ0n) is 15.6. The van der Waals surface area contributed by atoms with Crippen LogP contribution in [-0.2, 0) is 6.54 Å². The highest BCUT2D eigenvalue weighted by Gasteiger charge is 2.07. The number of benzene rings is 2. The molecular formula is C21H24N4O. The second-order valence-corrected chi connectivity index (χ2v) is 6.26. The van der Waals surface area contributed by atoms with Gasteiger partial charge in [-0.15, -0.1) is 0 Å². The Balaban J connectivity index is 1.78. The maximum Gasteiger partial charge on any atom is 0.225 e. The van der Waals surface area contributed by atoms with E-state index in [0.29, 0.717) is 12.5 Å². The molecule has 0 aliphatic heterocycles. The number of anilines is 3. The zero-order valence-corrected chi connectivity index (χ0v) is 15.6. The van der Waals surface area contributed by atoms with E-state index in [4.69, 9.17) is 4.74 Å². The van der Waals surface area contributed by atoms with Crippen molar-refractivity contribution >= 4 is 17.5 Å². The zero-order chi connectivity index (χ0) is 18.5. The Morgan fingerprint density at radius 1 is 0.962 bits per heavy atom. The van der Waals surface area contributed by atoms with Gasteiger partial charge in [0.1, 0.15) is 11.6 Å². The largest absolute Gasteiger partial charge is 0.496 e. The Bertz CT molecular complexity index is 908. The van der Waals surface area contributed by atoms with Crippen molar-refractivity contribution in [2.24, 2.45) is 0 Å². The molecule has 2 aromatic carbocycles. The van der Waals surface area contributed by atoms with Gasteiger partial charge < -0.3 is 15.4 Å². The minimum absolute atomic E-state index is 0.587. The van der Waals surface area contributed by atoms with E-state index in [1.807, 2.05) is 43.3 Å². The first-order chi connectivity index (χ1) is 12.6. The molecule has 26 heavy (non-hydrogen) atoms. The predicted molar refractivity (Wildman–Crippen MR) is 106 cm³/mol. The number of hydrogen-bond donors (Lipinski definition) is 2. The fourth-order valence-corrected chi connectivity index (χ4v) is 2.76. The van der Waals surface area contributed by atoms with Gasteiger partial charge >= 0.3 is 0 Å². The van der Waals surface area contributed by atoms with Crippen LogP contribution in [0.2, 0.25) is 0 Å². The molecule has 0 radical (unpaired) electrons. The number of nitrogens with one attached hydrogen (secondary N) is 2. The van der Waals surface area contributed by atoms with E-state index in [9.17, 15) is 0 Å². The Kier molecular flexibility index (Phi) is 5.37. The molecule has 0 saturated carbocycles. The third kappa shape index (κ3) is 4.11. The summed E-state index contributed by atoms with van der Waals surface area (Å²) in [6.45, 7) is 6.76. The minimum Gasteiger partial charge on any atom is -0.496 e. The molecule has 0 aliphatic rings. The summed E-state index contributed by atoms with van der Waals surface area (Å²) in [6, 6.07) is 16.1. The smallest absolute Gasteiger partial charge is 0.225 e. The Labute approximate surface area is 154 Å². The van der Waals surface area contributed by atoms with Crippen molar-refractivity contribution in [1.29, 1.82) is 0 Å². The molecule has 3 aromatic rings. The number of aromatic nitrogens is 2. The van der Waals surface area contributed by atoms with Crippen LogP contribution in [0.5, 0.6) is 5.75 Å². The molecule has 0 fully saturated rings. The highest BCUT2D eigenvalue weighted by atomic mass is 16.5. The average molecular weight is 348 g/mol. The first kappa shape index (κ1) is 17.7. The number of aryl methyl sites for hydroxylation is 2. The lowest BCUT2D eigenvalue weighted by Gasteiger charge is -2.13. The van der Waals surface area contributed by atoms with Gasteiger partial charge in [0, 0.05) is 29.6 Å². The van der Waals surface area contributed by atoms with Crippen LogP contribution in [0.1, 0.15) is 22.4 Å². The fourth-order valence-electron chi connectivity index (χ4n) is 2.76. The Morgan fingerprint density at radius 3 is 2.58 bits per heavy atom. The van der Waals surface area contributed by atoms with Crippen molar-refractivity contribution in [1.82, 2.24) is 9.97 Å². The second kappa shape index (κ2) is 7.87. The molecule has 3 rings (SSSR count). The summed E-state index contributed by atoms with van der Waals surface area (Å²) in [5.41, 5.74) is 5.47. The number of para-hydroxylation sites is 1. The molecule has 1 aromatic heterocycles. The van der Waals surface area contributed by atoms with E-state index < -0.39 is 0 Å². The summed E-state index contributed by atoms with van der Waals surface area (Å²) in [5, 5.41) is 6.69. The highest BCUT2D eigenvalue weighted by Crippen LogP contribution is 2.23. The second-order valence-electron chi connectivity index (χ2n) is 6.26. The van der Waals surface area contributed by atoms with E-state index in [0.717, 1.165) is 28.5 Å². The third-order valence-electron chi connectivity index (χ3n) is 4.35. The molecule has 2 N–H and O–H groups in total. The molecule has 0 amide bonds. The molecular weight excluding hydrogens is 324 g/mol. The van der Waals surface area contributed by atoms with Crippen LogP contribution in [0.4, 0.5) is 17.5 Å². The summed E-state index contributed by atoms with van der Waals surface area (Å²) in [5.74, 6) is 2.21. The van der Waals surface area contributed by atoms with Crippen LogP contribution >= 0.6 is 0 Å². The van der Waals surface area contributed by atoms with Gasteiger partial charge in [-0.25, -0.2) is 4.98 Å². The maximum absolute atomic E-state index is 5.39. The standard InChI is InChI=1S/C21H24N4O/c1-14-8-7-10-18(16(14)3)24-20-12-15(2)23-21(25-20)22-13-17-9-5-6-11-19(17)26-4/h5-12H,13H2,1-4H3,(H2,22,23,24,25). The molecule has 5 nitrogen and oxygen atoms in total. The fraction of sp³-hybridized carbons (Fsp3) is 0.238. The molecule has 0 bridgehead atoms. The van der Waals surface area contributed by atoms with Gasteiger partial charge in [0.2, 0.25) is 5.95 Å². The van der Waals surface area contributed by atoms with Crippen LogP contribution < -0.4 is 15.4 Å². The summed E-state index contributed by atoms with van der Waals surface area (Å²) in [4.78, 5) is 9.08. The van der Waals surface area contributed by atoms with Gasteiger partial charge in [-0.3, -0.25) is 0 Å². The molecule has 0 spiro atoms. The van der Waals surface area contributed by atoms with E-state index >= 15 is 0 Å². The topological polar surface area (TPSA) is 59.1 Å². The lowest BCUT2D eigenvalue weighted by atomic mass is 10.1. The van der Waals surface area contributed by atoms with Crippen molar-refractivity contribution in [3.05, 3.63) is 70.9 Å². The normalized spacial score (nSPS) is 10.5. The molecule has 5 heteroatoms. The number of ether oxygens (including phenoxy) is 1. The number of nitrogens with zero attached hydrogens (tertiary/aromatic N) is 2. The van der Waals surface area contributed by atoms with Gasteiger partial charge in [0.15, 0.2) is 0 Å². The number of methoxy groups -OCH3 is 1. The van der Waals surface area contributed by atoms with Crippen molar-refractivity contribution in [3.8, 4) is 5.75 Å². The van der Waals surface area contributed by atoms with Gasteiger partial charge in [-0.05, 0) is 44.0 Å².